The summed E-state index contributed by atoms with van der Waals surface area (Å²) in [6.07, 6.45) is -0.137. The Balaban J connectivity index is 2.11. The summed E-state index contributed by atoms with van der Waals surface area (Å²) in [6, 6.07) is 7.47. The zero-order valence-corrected chi connectivity index (χ0v) is 12.9. The summed E-state index contributed by atoms with van der Waals surface area (Å²) < 4.78 is 10.3. The van der Waals surface area contributed by atoms with Crippen molar-refractivity contribution >= 4 is 17.7 Å². The number of amides is 1. The van der Waals surface area contributed by atoms with Gasteiger partial charge in [0.25, 0.3) is 0 Å². The molecule has 3 atom stereocenters. The van der Waals surface area contributed by atoms with E-state index >= 15 is 0 Å². The van der Waals surface area contributed by atoms with Crippen LogP contribution in [0.5, 0.6) is 0 Å². The Morgan fingerprint density at radius 2 is 2.24 bits per heavy atom. The van der Waals surface area contributed by atoms with Crippen LogP contribution in [0.2, 0.25) is 5.02 Å². The van der Waals surface area contributed by atoms with E-state index in [1.807, 2.05) is 31.2 Å². The van der Waals surface area contributed by atoms with Gasteiger partial charge >= 0.3 is 6.09 Å². The van der Waals surface area contributed by atoms with Crippen LogP contribution < -0.4 is 0 Å². The lowest BCUT2D eigenvalue weighted by Gasteiger charge is -2.28. The molecule has 1 aromatic rings. The summed E-state index contributed by atoms with van der Waals surface area (Å²) in [6.45, 7) is 1.97. The van der Waals surface area contributed by atoms with E-state index in [2.05, 4.69) is 0 Å². The lowest BCUT2D eigenvalue weighted by atomic mass is 10.1. The number of ether oxygens (including phenoxy) is 2. The lowest BCUT2D eigenvalue weighted by Crippen LogP contribution is -2.43. The highest BCUT2D eigenvalue weighted by molar-refractivity contribution is 6.31. The summed E-state index contributed by atoms with van der Waals surface area (Å²) in [5, 5.41) is 10.2. The molecule has 1 amide bonds. The van der Waals surface area contributed by atoms with Gasteiger partial charge in [0.2, 0.25) is 0 Å². The molecular formula is C15H20ClNO4. The highest BCUT2D eigenvalue weighted by Crippen LogP contribution is 2.47. The van der Waals surface area contributed by atoms with Crippen LogP contribution in [0.15, 0.2) is 24.3 Å². The first-order valence-electron chi connectivity index (χ1n) is 6.96. The van der Waals surface area contributed by atoms with Crippen LogP contribution in [0.1, 0.15) is 31.2 Å². The molecule has 1 saturated carbocycles. The summed E-state index contributed by atoms with van der Waals surface area (Å²) in [5.41, 5.74) is 0.997. The molecule has 0 spiro atoms. The van der Waals surface area contributed by atoms with E-state index in [0.717, 1.165) is 12.0 Å². The van der Waals surface area contributed by atoms with E-state index in [1.54, 1.807) is 0 Å². The number of hydrogen-bond acceptors (Lipinski definition) is 3. The quantitative estimate of drug-likeness (QED) is 0.782. The van der Waals surface area contributed by atoms with E-state index in [0.29, 0.717) is 11.4 Å². The Bertz CT molecular complexity index is 496. The standard InChI is InChI=1S/C15H20ClNO4/c1-3-14(21-9-20-2)17(15(18)19)13-8-11(13)10-6-4-5-7-12(10)16/h4-7,11,13-14H,3,8-9H2,1-2H3,(H,18,19)/t11-,13-,14?/m0/s1. The van der Waals surface area contributed by atoms with Gasteiger partial charge in [-0.25, -0.2) is 4.79 Å². The summed E-state index contributed by atoms with van der Waals surface area (Å²) in [4.78, 5) is 13.0. The second-order valence-corrected chi connectivity index (χ2v) is 5.46. The van der Waals surface area contributed by atoms with Gasteiger partial charge in [-0.1, -0.05) is 36.7 Å². The second-order valence-electron chi connectivity index (χ2n) is 5.06. The third kappa shape index (κ3) is 3.67. The highest BCUT2D eigenvalue weighted by Gasteiger charge is 2.48. The van der Waals surface area contributed by atoms with Crippen molar-refractivity contribution in [2.45, 2.75) is 38.0 Å². The summed E-state index contributed by atoms with van der Waals surface area (Å²) in [5.74, 6) is 0.134. The molecule has 0 aliphatic heterocycles. The molecule has 116 valence electrons. The van der Waals surface area contributed by atoms with Gasteiger partial charge in [0.05, 0.1) is 0 Å². The number of carbonyl (C=O) groups is 1. The Hall–Kier alpha value is -1.30. The molecule has 6 heteroatoms. The fourth-order valence-corrected chi connectivity index (χ4v) is 2.89. The molecule has 5 nitrogen and oxygen atoms in total. The SMILES string of the molecule is CCC(OCOC)N(C(=O)O)[C@H]1C[C@H]1c1ccccc1Cl. The average molecular weight is 314 g/mol. The Morgan fingerprint density at radius 1 is 1.52 bits per heavy atom. The van der Waals surface area contributed by atoms with Crippen LogP contribution in [-0.2, 0) is 9.47 Å². The molecule has 1 aliphatic carbocycles. The van der Waals surface area contributed by atoms with Crippen molar-refractivity contribution in [3.63, 3.8) is 0 Å². The molecule has 1 unspecified atom stereocenters. The molecule has 0 bridgehead atoms. The first-order valence-corrected chi connectivity index (χ1v) is 7.34. The van der Waals surface area contributed by atoms with Gasteiger partial charge < -0.3 is 14.6 Å². The minimum Gasteiger partial charge on any atom is -0.465 e. The fraction of sp³-hybridized carbons (Fsp3) is 0.533. The predicted molar refractivity (Wildman–Crippen MR) is 79.5 cm³/mol. The maximum absolute atomic E-state index is 11.6. The van der Waals surface area contributed by atoms with Crippen molar-refractivity contribution in [2.24, 2.45) is 0 Å². The molecule has 2 rings (SSSR count). The Morgan fingerprint density at radius 3 is 2.81 bits per heavy atom. The third-order valence-electron chi connectivity index (χ3n) is 3.68. The van der Waals surface area contributed by atoms with Gasteiger partial charge in [0.1, 0.15) is 13.0 Å². The van der Waals surface area contributed by atoms with Crippen LogP contribution >= 0.6 is 11.6 Å². The Labute approximate surface area is 129 Å². The first-order chi connectivity index (χ1) is 10.1. The van der Waals surface area contributed by atoms with Crippen LogP contribution in [0.25, 0.3) is 0 Å². The molecule has 0 aromatic heterocycles. The smallest absolute Gasteiger partial charge is 0.409 e. The topological polar surface area (TPSA) is 59.0 Å². The number of benzene rings is 1. The van der Waals surface area contributed by atoms with E-state index in [-0.39, 0.29) is 18.8 Å². The third-order valence-corrected chi connectivity index (χ3v) is 4.02. The normalized spacial score (nSPS) is 21.9. The van der Waals surface area contributed by atoms with E-state index in [9.17, 15) is 9.90 Å². The van der Waals surface area contributed by atoms with Crippen molar-refractivity contribution in [1.29, 1.82) is 0 Å². The average Bonchev–Trinajstić information content (AvgIpc) is 3.23. The summed E-state index contributed by atoms with van der Waals surface area (Å²) >= 11 is 6.19. The molecule has 21 heavy (non-hydrogen) atoms. The number of nitrogens with zero attached hydrogens (tertiary/aromatic N) is 1. The van der Waals surface area contributed by atoms with E-state index < -0.39 is 12.3 Å². The Kier molecular flexibility index (Phi) is 5.45. The molecule has 0 saturated heterocycles. The zero-order valence-electron chi connectivity index (χ0n) is 12.2. The number of rotatable bonds is 7. The van der Waals surface area contributed by atoms with Gasteiger partial charge in [0.15, 0.2) is 0 Å². The van der Waals surface area contributed by atoms with Crippen molar-refractivity contribution in [2.75, 3.05) is 13.9 Å². The summed E-state index contributed by atoms with van der Waals surface area (Å²) in [7, 11) is 1.52. The van der Waals surface area contributed by atoms with E-state index in [4.69, 9.17) is 21.1 Å². The van der Waals surface area contributed by atoms with Crippen molar-refractivity contribution < 1.29 is 19.4 Å². The van der Waals surface area contributed by atoms with Crippen LogP contribution in [0.3, 0.4) is 0 Å². The van der Waals surface area contributed by atoms with Gasteiger partial charge in [0, 0.05) is 24.1 Å². The highest BCUT2D eigenvalue weighted by atomic mass is 35.5. The van der Waals surface area contributed by atoms with Crippen molar-refractivity contribution in [3.8, 4) is 0 Å². The molecule has 1 aromatic carbocycles. The van der Waals surface area contributed by atoms with Crippen molar-refractivity contribution in [3.05, 3.63) is 34.9 Å². The maximum Gasteiger partial charge on any atom is 0.409 e. The minimum absolute atomic E-state index is 0.0752. The molecule has 0 radical (unpaired) electrons. The maximum atomic E-state index is 11.6. The predicted octanol–water partition coefficient (Wildman–Crippen LogP) is 3.53. The molecule has 0 heterocycles. The molecule has 1 N–H and O–H groups in total. The molecule has 1 aliphatic rings. The minimum atomic E-state index is -0.975. The fourth-order valence-electron chi connectivity index (χ4n) is 2.62. The van der Waals surface area contributed by atoms with Gasteiger partial charge in [-0.2, -0.15) is 0 Å². The van der Waals surface area contributed by atoms with Crippen LogP contribution in [0.4, 0.5) is 4.79 Å². The number of hydrogen-bond donors (Lipinski definition) is 1. The second kappa shape index (κ2) is 7.11. The van der Waals surface area contributed by atoms with Gasteiger partial charge in [-0.15, -0.1) is 0 Å². The van der Waals surface area contributed by atoms with Gasteiger partial charge in [-0.05, 0) is 24.5 Å². The first kappa shape index (κ1) is 16.1. The number of carboxylic acid groups (broad SMARTS) is 1. The van der Waals surface area contributed by atoms with Crippen molar-refractivity contribution in [1.82, 2.24) is 4.90 Å². The number of methoxy groups -OCH3 is 1. The molecule has 1 fully saturated rings. The monoisotopic (exact) mass is 313 g/mol. The lowest BCUT2D eigenvalue weighted by molar-refractivity contribution is -0.125. The largest absolute Gasteiger partial charge is 0.465 e. The van der Waals surface area contributed by atoms with E-state index in [1.165, 1.54) is 12.0 Å². The zero-order chi connectivity index (χ0) is 15.4. The number of halogens is 1. The van der Waals surface area contributed by atoms with Crippen LogP contribution in [0, 0.1) is 0 Å². The molecular weight excluding hydrogens is 294 g/mol. The van der Waals surface area contributed by atoms with Gasteiger partial charge in [-0.3, -0.25) is 4.90 Å². The van der Waals surface area contributed by atoms with Crippen LogP contribution in [-0.4, -0.2) is 42.3 Å².